The van der Waals surface area contributed by atoms with Gasteiger partial charge in [-0.25, -0.2) is 4.57 Å². The molecule has 18 heavy (non-hydrogen) atoms. The second-order valence-electron chi connectivity index (χ2n) is 3.80. The highest BCUT2D eigenvalue weighted by molar-refractivity contribution is 8.55. The fraction of sp³-hybridized carbons (Fsp3) is 0.0769. The first-order valence-corrected chi connectivity index (χ1v) is 8.82. The van der Waals surface area contributed by atoms with Gasteiger partial charge in [-0.2, -0.15) is 0 Å². The van der Waals surface area contributed by atoms with Crippen LogP contribution in [-0.2, 0) is 4.57 Å². The minimum Gasteiger partial charge on any atom is -0.408 e. The lowest BCUT2D eigenvalue weighted by Gasteiger charge is -2.14. The number of hydrogen-bond donors (Lipinski definition) is 0. The highest BCUT2D eigenvalue weighted by atomic mass is 32.7. The Kier molecular flexibility index (Phi) is 2.84. The Morgan fingerprint density at radius 2 is 1.33 bits per heavy atom. The van der Waals surface area contributed by atoms with Crippen molar-refractivity contribution in [1.82, 2.24) is 0 Å². The average Bonchev–Trinajstić information content (AvgIpc) is 2.52. The molecule has 3 nitrogen and oxygen atoms in total. The zero-order chi connectivity index (χ0) is 12.6. The molecule has 1 aliphatic heterocycles. The van der Waals surface area contributed by atoms with Gasteiger partial charge in [0.05, 0.1) is 0 Å². The van der Waals surface area contributed by atoms with Crippen LogP contribution >= 0.6 is 18.2 Å². The molecule has 0 atom stereocenters. The van der Waals surface area contributed by atoms with Crippen molar-refractivity contribution in [3.63, 3.8) is 0 Å². The third kappa shape index (κ3) is 1.92. The summed E-state index contributed by atoms with van der Waals surface area (Å²) in [5.74, 6) is 1.19. The highest BCUT2D eigenvalue weighted by Gasteiger charge is 2.32. The smallest absolute Gasteiger partial charge is 0.408 e. The molecule has 0 amide bonds. The van der Waals surface area contributed by atoms with Crippen LogP contribution in [0.4, 0.5) is 0 Å². The van der Waals surface area contributed by atoms with Crippen LogP contribution < -0.4 is 9.05 Å². The molecule has 92 valence electrons. The van der Waals surface area contributed by atoms with Crippen LogP contribution in [0.25, 0.3) is 11.1 Å². The van der Waals surface area contributed by atoms with E-state index in [2.05, 4.69) is 0 Å². The normalized spacial score (nSPS) is 15.6. The van der Waals surface area contributed by atoms with Gasteiger partial charge >= 0.3 is 6.80 Å². The van der Waals surface area contributed by atoms with Crippen molar-refractivity contribution in [2.24, 2.45) is 0 Å². The molecule has 0 bridgehead atoms. The maximum absolute atomic E-state index is 12.5. The van der Waals surface area contributed by atoms with E-state index in [1.54, 1.807) is 6.26 Å². The minimum atomic E-state index is -3.19. The van der Waals surface area contributed by atoms with Crippen molar-refractivity contribution < 1.29 is 13.6 Å². The second kappa shape index (κ2) is 4.38. The van der Waals surface area contributed by atoms with Gasteiger partial charge in [0.2, 0.25) is 0 Å². The van der Waals surface area contributed by atoms with Crippen LogP contribution in [0.3, 0.4) is 0 Å². The monoisotopic (exact) mass is 278 g/mol. The zero-order valence-corrected chi connectivity index (χ0v) is 11.4. The molecular weight excluding hydrogens is 267 g/mol. The van der Waals surface area contributed by atoms with Gasteiger partial charge in [-0.3, -0.25) is 0 Å². The fourth-order valence-electron chi connectivity index (χ4n) is 1.87. The quantitative estimate of drug-likeness (QED) is 0.714. The molecule has 0 saturated carbocycles. The summed E-state index contributed by atoms with van der Waals surface area (Å²) in [6, 6.07) is 15.1. The topological polar surface area (TPSA) is 35.5 Å². The standard InChI is InChI=1S/C13H11O3PS/c1-18-17(14)15-12-8-4-2-6-10(12)11-7-3-5-9-13(11)16-17/h2-9H,1H3. The van der Waals surface area contributed by atoms with Gasteiger partial charge in [-0.1, -0.05) is 36.4 Å². The van der Waals surface area contributed by atoms with Gasteiger partial charge in [0, 0.05) is 11.1 Å². The zero-order valence-electron chi connectivity index (χ0n) is 9.70. The summed E-state index contributed by atoms with van der Waals surface area (Å²) < 4.78 is 23.6. The number of hydrogen-bond acceptors (Lipinski definition) is 4. The summed E-state index contributed by atoms with van der Waals surface area (Å²) in [6.07, 6.45) is 1.72. The van der Waals surface area contributed by atoms with Gasteiger partial charge in [0.15, 0.2) is 0 Å². The van der Waals surface area contributed by atoms with Crippen molar-refractivity contribution in [3.8, 4) is 22.6 Å². The maximum Gasteiger partial charge on any atom is 0.492 e. The Hall–Kier alpha value is -1.38. The van der Waals surface area contributed by atoms with E-state index >= 15 is 0 Å². The molecule has 0 saturated heterocycles. The fourth-order valence-corrected chi connectivity index (χ4v) is 3.79. The molecule has 1 aliphatic rings. The van der Waals surface area contributed by atoms with Gasteiger partial charge in [-0.15, -0.1) is 0 Å². The van der Waals surface area contributed by atoms with Crippen molar-refractivity contribution in [1.29, 1.82) is 0 Å². The van der Waals surface area contributed by atoms with E-state index in [0.29, 0.717) is 11.5 Å². The van der Waals surface area contributed by atoms with Crippen molar-refractivity contribution >= 4 is 18.2 Å². The van der Waals surface area contributed by atoms with E-state index < -0.39 is 6.80 Å². The van der Waals surface area contributed by atoms with Crippen LogP contribution in [-0.4, -0.2) is 6.26 Å². The Balaban J connectivity index is 2.28. The van der Waals surface area contributed by atoms with E-state index in [1.165, 1.54) is 0 Å². The van der Waals surface area contributed by atoms with E-state index in [-0.39, 0.29) is 0 Å². The molecule has 0 aromatic heterocycles. The summed E-state index contributed by atoms with van der Waals surface area (Å²) in [7, 11) is 0. The van der Waals surface area contributed by atoms with E-state index in [1.807, 2.05) is 48.5 Å². The molecule has 0 fully saturated rings. The third-order valence-corrected chi connectivity index (χ3v) is 5.78. The average molecular weight is 278 g/mol. The summed E-state index contributed by atoms with van der Waals surface area (Å²) in [4.78, 5) is 0. The molecule has 1 heterocycles. The van der Waals surface area contributed by atoms with Crippen LogP contribution in [0.1, 0.15) is 0 Å². The first kappa shape index (κ1) is 11.7. The number of fused-ring (bicyclic) bond motifs is 3. The number of para-hydroxylation sites is 2. The molecule has 2 aromatic carbocycles. The lowest BCUT2D eigenvalue weighted by molar-refractivity contribution is 0.413. The molecule has 0 radical (unpaired) electrons. The highest BCUT2D eigenvalue weighted by Crippen LogP contribution is 2.62. The molecule has 2 aromatic rings. The van der Waals surface area contributed by atoms with Crippen molar-refractivity contribution in [2.75, 3.05) is 6.26 Å². The summed E-state index contributed by atoms with van der Waals surface area (Å²) in [5.41, 5.74) is 1.81. The van der Waals surface area contributed by atoms with E-state index in [0.717, 1.165) is 22.5 Å². The first-order valence-electron chi connectivity index (χ1n) is 5.45. The Morgan fingerprint density at radius 3 is 1.78 bits per heavy atom. The third-order valence-electron chi connectivity index (χ3n) is 2.71. The van der Waals surface area contributed by atoms with Crippen LogP contribution in [0.15, 0.2) is 48.5 Å². The second-order valence-corrected chi connectivity index (χ2v) is 7.87. The lowest BCUT2D eigenvalue weighted by atomic mass is 10.0. The molecule has 0 aliphatic carbocycles. The largest absolute Gasteiger partial charge is 0.492 e. The van der Waals surface area contributed by atoms with E-state index in [4.69, 9.17) is 9.05 Å². The Bertz CT molecular complexity index is 590. The van der Waals surface area contributed by atoms with E-state index in [9.17, 15) is 4.57 Å². The summed E-state index contributed by atoms with van der Waals surface area (Å²) >= 11 is 1.10. The van der Waals surface area contributed by atoms with Gasteiger partial charge < -0.3 is 9.05 Å². The molecule has 0 N–H and O–H groups in total. The van der Waals surface area contributed by atoms with Crippen LogP contribution in [0.5, 0.6) is 11.5 Å². The molecule has 0 spiro atoms. The SMILES string of the molecule is CSP1(=O)Oc2ccccc2-c2ccccc2O1. The molecule has 3 rings (SSSR count). The van der Waals surface area contributed by atoms with Crippen LogP contribution in [0.2, 0.25) is 0 Å². The van der Waals surface area contributed by atoms with Gasteiger partial charge in [-0.05, 0) is 29.8 Å². The first-order chi connectivity index (χ1) is 8.72. The molecular formula is C13H11O3PS. The van der Waals surface area contributed by atoms with Gasteiger partial charge in [0.1, 0.15) is 11.5 Å². The minimum absolute atomic E-state index is 0.597. The summed E-state index contributed by atoms with van der Waals surface area (Å²) in [5, 5.41) is 0. The van der Waals surface area contributed by atoms with Crippen LogP contribution in [0, 0.1) is 0 Å². The molecule has 5 heteroatoms. The van der Waals surface area contributed by atoms with Gasteiger partial charge in [0.25, 0.3) is 0 Å². The number of rotatable bonds is 1. The Morgan fingerprint density at radius 1 is 0.889 bits per heavy atom. The maximum atomic E-state index is 12.5. The number of benzene rings is 2. The lowest BCUT2D eigenvalue weighted by Crippen LogP contribution is -1.94. The Labute approximate surface area is 109 Å². The molecule has 0 unspecified atom stereocenters. The van der Waals surface area contributed by atoms with Crippen molar-refractivity contribution in [2.45, 2.75) is 0 Å². The summed E-state index contributed by atoms with van der Waals surface area (Å²) in [6.45, 7) is -3.19. The van der Waals surface area contributed by atoms with Crippen molar-refractivity contribution in [3.05, 3.63) is 48.5 Å². The predicted molar refractivity (Wildman–Crippen MR) is 74.3 cm³/mol. The predicted octanol–water partition coefficient (Wildman–Crippen LogP) is 4.60.